The highest BCUT2D eigenvalue weighted by Crippen LogP contribution is 2.62. The highest BCUT2D eigenvalue weighted by molar-refractivity contribution is 6.32. The lowest BCUT2D eigenvalue weighted by Crippen LogP contribution is -2.69. The molecule has 472 valence electrons. The summed E-state index contributed by atoms with van der Waals surface area (Å²) >= 11 is 5.95. The number of aryl methyl sites for hydroxylation is 1. The number of rotatable bonds is 27. The number of nitrogens with zero attached hydrogens (tertiary/aromatic N) is 7. The normalized spacial score (nSPS) is 17.0. The van der Waals surface area contributed by atoms with Crippen LogP contribution in [-0.2, 0) is 61.6 Å². The third kappa shape index (κ3) is 15.9. The minimum absolute atomic E-state index is 0.0430. The summed E-state index contributed by atoms with van der Waals surface area (Å²) in [5.41, 5.74) is 5.65. The number of amides is 2. The molecule has 10 rings (SSSR count). The Labute approximate surface area is 516 Å². The van der Waals surface area contributed by atoms with Crippen LogP contribution in [0.5, 0.6) is 28.9 Å². The molecule has 5 aromatic carbocycles. The van der Waals surface area contributed by atoms with Gasteiger partial charge in [0.15, 0.2) is 11.6 Å². The lowest BCUT2D eigenvalue weighted by molar-refractivity contribution is -0.763. The molecule has 0 N–H and O–H groups in total. The van der Waals surface area contributed by atoms with E-state index in [1.54, 1.807) is 59.6 Å². The number of aromatic nitrogens is 1. The van der Waals surface area contributed by atoms with Crippen molar-refractivity contribution in [1.82, 2.24) is 19.7 Å². The zero-order chi connectivity index (χ0) is 64.1. The van der Waals surface area contributed by atoms with Crippen LogP contribution in [0.25, 0.3) is 5.57 Å². The summed E-state index contributed by atoms with van der Waals surface area (Å²) in [4.78, 5) is 106. The zero-order valence-corrected chi connectivity index (χ0v) is 49.0. The van der Waals surface area contributed by atoms with E-state index >= 15 is 4.79 Å². The van der Waals surface area contributed by atoms with Gasteiger partial charge in [0.05, 0.1) is 6.61 Å². The molecule has 1 spiro atoms. The number of carbonyl (C=O) groups excluding carboxylic acids is 4. The number of likely N-dealkylation sites (N-methyl/N-ethyl adjacent to an activating group) is 1. The van der Waals surface area contributed by atoms with Crippen LogP contribution in [0.2, 0.25) is 5.02 Å². The van der Waals surface area contributed by atoms with E-state index in [4.69, 9.17) is 35.3 Å². The van der Waals surface area contributed by atoms with E-state index in [-0.39, 0.29) is 99.8 Å². The van der Waals surface area contributed by atoms with Crippen molar-refractivity contribution in [3.8, 4) is 28.9 Å². The molecule has 26 nitrogen and oxygen atoms in total. The number of carbonyl (C=O) groups is 4. The van der Waals surface area contributed by atoms with Gasteiger partial charge in [0.25, 0.3) is 27.6 Å². The first kappa shape index (κ1) is 64.3. The summed E-state index contributed by atoms with van der Waals surface area (Å²) in [5.74, 6) is -1.10. The van der Waals surface area contributed by atoms with Gasteiger partial charge in [-0.15, -0.1) is 30.3 Å². The van der Waals surface area contributed by atoms with Crippen LogP contribution in [0.1, 0.15) is 64.6 Å². The van der Waals surface area contributed by atoms with Gasteiger partial charge >= 0.3 is 12.2 Å². The highest BCUT2D eigenvalue weighted by atomic mass is 35.5. The fourth-order valence-corrected chi connectivity index (χ4v) is 11.4. The number of benzene rings is 5. The van der Waals surface area contributed by atoms with E-state index in [1.165, 1.54) is 24.3 Å². The maximum absolute atomic E-state index is 15.5. The zero-order valence-electron chi connectivity index (χ0n) is 48.3. The average molecular weight is 1270 g/mol. The van der Waals surface area contributed by atoms with Gasteiger partial charge in [-0.05, 0) is 140 Å². The largest absolute Gasteiger partial charge is 0.513 e. The molecular weight excluding hydrogens is 1210 g/mol. The molecule has 6 aromatic rings. The number of likely N-dealkylation sites (tertiary alicyclic amines) is 2. The summed E-state index contributed by atoms with van der Waals surface area (Å²) in [6, 6.07) is 29.7. The molecule has 4 aliphatic rings. The number of hydrogen-bond acceptors (Lipinski definition) is 21. The van der Waals surface area contributed by atoms with Gasteiger partial charge in [0.1, 0.15) is 61.1 Å². The molecule has 3 unspecified atom stereocenters. The second-order valence-corrected chi connectivity index (χ2v) is 21.6. The fraction of sp³-hybridized carbons (Fsp3) is 0.328. The first-order valence-corrected chi connectivity index (χ1v) is 28.4. The van der Waals surface area contributed by atoms with Crippen molar-refractivity contribution in [2.24, 2.45) is 5.41 Å². The van der Waals surface area contributed by atoms with Gasteiger partial charge in [0, 0.05) is 60.5 Å². The van der Waals surface area contributed by atoms with Crippen LogP contribution < -0.4 is 23.7 Å². The van der Waals surface area contributed by atoms with Crippen molar-refractivity contribution in [3.63, 3.8) is 0 Å². The van der Waals surface area contributed by atoms with E-state index < -0.39 is 49.6 Å². The number of allylic oxidation sites excluding steroid dienone is 1. The highest BCUT2D eigenvalue weighted by Gasteiger charge is 2.69. The Bertz CT molecular complexity index is 3690. The van der Waals surface area contributed by atoms with Crippen molar-refractivity contribution in [3.05, 3.63) is 213 Å². The molecule has 1 saturated carbocycles. The third-order valence-electron chi connectivity index (χ3n) is 15.4. The van der Waals surface area contributed by atoms with Gasteiger partial charge in [-0.25, -0.2) is 23.4 Å². The monoisotopic (exact) mass is 1270 g/mol. The molecule has 3 heterocycles. The molecule has 0 radical (unpaired) electrons. The smallest absolute Gasteiger partial charge is 0.489 e. The Morgan fingerprint density at radius 1 is 0.756 bits per heavy atom. The van der Waals surface area contributed by atoms with E-state index in [0.717, 1.165) is 47.2 Å². The van der Waals surface area contributed by atoms with Crippen LogP contribution in [0.4, 0.5) is 18.4 Å². The molecule has 2 aliphatic carbocycles. The summed E-state index contributed by atoms with van der Waals surface area (Å²) < 4.78 is 60.6. The maximum atomic E-state index is 15.5. The summed E-state index contributed by atoms with van der Waals surface area (Å²) in [7, 11) is 1.96. The van der Waals surface area contributed by atoms with Crippen LogP contribution >= 0.6 is 11.6 Å². The average Bonchev–Trinajstić information content (AvgIpc) is 1.51. The minimum atomic E-state index is -1.01. The molecule has 2 saturated heterocycles. The Morgan fingerprint density at radius 3 is 1.97 bits per heavy atom. The third-order valence-corrected chi connectivity index (χ3v) is 15.8. The topological polar surface area (TPSA) is 303 Å². The first-order valence-electron chi connectivity index (χ1n) is 28.0. The van der Waals surface area contributed by atoms with Gasteiger partial charge in [-0.3, -0.25) is 14.5 Å². The molecule has 3 fully saturated rings. The fourth-order valence-electron chi connectivity index (χ4n) is 11.2. The van der Waals surface area contributed by atoms with Crippen molar-refractivity contribution in [1.29, 1.82) is 0 Å². The number of halogens is 3. The molecular formula is C61H58ClF2N7O19. The quantitative estimate of drug-likeness (QED) is 0.00880. The van der Waals surface area contributed by atoms with Crippen LogP contribution in [0.15, 0.2) is 127 Å². The predicted octanol–water partition coefficient (Wildman–Crippen LogP) is 9.81. The van der Waals surface area contributed by atoms with Crippen molar-refractivity contribution < 1.29 is 86.2 Å². The summed E-state index contributed by atoms with van der Waals surface area (Å²) in [5, 5.41) is 28.1. The van der Waals surface area contributed by atoms with Crippen molar-refractivity contribution in [2.75, 3.05) is 40.0 Å². The van der Waals surface area contributed by atoms with Gasteiger partial charge in [0.2, 0.25) is 5.88 Å². The van der Waals surface area contributed by atoms with E-state index in [2.05, 4.69) is 29.1 Å². The second-order valence-electron chi connectivity index (χ2n) is 21.2. The van der Waals surface area contributed by atoms with Crippen LogP contribution in [0.3, 0.4) is 0 Å². The molecule has 2 amide bonds. The lowest BCUT2D eigenvalue weighted by Gasteiger charge is -2.56. The first-order chi connectivity index (χ1) is 43.3. The molecule has 90 heavy (non-hydrogen) atoms. The molecule has 2 aliphatic heterocycles. The Kier molecular flexibility index (Phi) is 20.8. The SMILES string of the molecule is Cc1c(CN(C(=O)C2=C(c3ccc(CCCOc4c(F)ccc(F)c4Cl)cc3)CC34CN(C(=O)Oc5cccc(CO[N+](=O)[O-])c5)CC3N(C)C24)C2CC2)ccnc1OCCOC(=O)Oc1cccc(CO[N+](=O)[O-])c1.O=COc1cccc(CO[N+](=O)[O-])c1. The summed E-state index contributed by atoms with van der Waals surface area (Å²) in [6.07, 6.45) is 3.10. The van der Waals surface area contributed by atoms with Gasteiger partial charge in [-0.1, -0.05) is 72.3 Å². The van der Waals surface area contributed by atoms with Gasteiger partial charge < -0.3 is 52.7 Å². The standard InChI is InChI=1S/C53H51ClF2N6O14.C8H7NO5/c1-32-37(19-20-57-49(32)71-22-23-72-52(65)76-40-10-4-7-35(25-40)30-74-62(68)69)27-60(38-15-16-38)50(63)45-41(36-13-11-33(12-14-36)8-5-21-70-47-43(56)18-17-42(55)46(47)54)26-53-31-59(28-44(53)58(2)48(45)53)51(64)75-39-9-3-6-34(24-39)29-73-61(66)67;10-6-13-8-3-1-2-7(4-8)5-14-9(11)12/h3-4,6-7,9-14,17-20,24-25,38,44,48H,5,8,15-16,21-23,26-31H2,1-2H3;1-4,6H,5H2. The Balaban J connectivity index is 0.000000606. The number of pyridine rings is 1. The summed E-state index contributed by atoms with van der Waals surface area (Å²) in [6.45, 7) is 2.01. The van der Waals surface area contributed by atoms with Crippen molar-refractivity contribution >= 4 is 41.8 Å². The second kappa shape index (κ2) is 29.2. The lowest BCUT2D eigenvalue weighted by atomic mass is 9.66. The minimum Gasteiger partial charge on any atom is -0.489 e. The number of ether oxygens (including phenoxy) is 6. The Hall–Kier alpha value is -10.2. The maximum Gasteiger partial charge on any atom is 0.513 e. The molecule has 1 aromatic heterocycles. The van der Waals surface area contributed by atoms with Crippen LogP contribution in [-0.4, -0.2) is 118 Å². The predicted molar refractivity (Wildman–Crippen MR) is 310 cm³/mol. The number of hydrogen-bond donors (Lipinski definition) is 0. The molecule has 0 bridgehead atoms. The van der Waals surface area contributed by atoms with Crippen molar-refractivity contribution in [2.45, 2.75) is 83.5 Å². The Morgan fingerprint density at radius 2 is 1.36 bits per heavy atom. The van der Waals surface area contributed by atoms with E-state index in [0.29, 0.717) is 65.9 Å². The van der Waals surface area contributed by atoms with E-state index in [9.17, 15) is 53.5 Å². The van der Waals surface area contributed by atoms with Gasteiger partial charge in [-0.2, -0.15) is 0 Å². The van der Waals surface area contributed by atoms with E-state index in [1.807, 2.05) is 49.2 Å². The van der Waals surface area contributed by atoms with Crippen LogP contribution in [0, 0.1) is 54.3 Å². The molecule has 29 heteroatoms. The molecule has 3 atom stereocenters.